The Hall–Kier alpha value is 0.0484. The first kappa shape index (κ1) is 12.1. The number of pyridine rings is 1. The zero-order chi connectivity index (χ0) is 10.9. The maximum absolute atomic E-state index is 11.2. The van der Waals surface area contributed by atoms with Gasteiger partial charge in [-0.2, -0.15) is 0 Å². The Bertz CT molecular complexity index is 397. The van der Waals surface area contributed by atoms with E-state index in [1.165, 1.54) is 7.11 Å². The second kappa shape index (κ2) is 4.71. The van der Waals surface area contributed by atoms with E-state index >= 15 is 0 Å². The van der Waals surface area contributed by atoms with Gasteiger partial charge in [0.2, 0.25) is 0 Å². The van der Waals surface area contributed by atoms with E-state index in [2.05, 4.69) is 26.6 Å². The summed E-state index contributed by atoms with van der Waals surface area (Å²) in [6.07, 6.45) is 0. The van der Waals surface area contributed by atoms with Gasteiger partial charge in [-0.1, -0.05) is 0 Å². The molecule has 1 heterocycles. The third-order valence-electron chi connectivity index (χ3n) is 1.39. The fraction of sp³-hybridized carbons (Fsp3) is 0.143. The molecule has 0 N–H and O–H groups in total. The number of ether oxygens (including phenoxy) is 1. The topological polar surface area (TPSA) is 39.2 Å². The number of carbonyl (C=O) groups excluding carboxylic acids is 1. The molecule has 0 unspecified atom stereocenters. The van der Waals surface area contributed by atoms with Gasteiger partial charge in [0.1, 0.15) is 0 Å². The molecule has 14 heavy (non-hydrogen) atoms. The number of nitrogens with zero attached hydrogens (tertiary/aromatic N) is 1. The van der Waals surface area contributed by atoms with Crippen LogP contribution < -0.4 is 4.35 Å². The van der Waals surface area contributed by atoms with Gasteiger partial charge in [-0.25, -0.2) is 0 Å². The summed E-state index contributed by atoms with van der Waals surface area (Å²) in [7, 11) is 1.23. The van der Waals surface area contributed by atoms with Gasteiger partial charge in [0.15, 0.2) is 0 Å². The zero-order valence-electron chi connectivity index (χ0n) is 6.84. The second-order valence-electron chi connectivity index (χ2n) is 2.22. The molecule has 0 atom stereocenters. The fourth-order valence-electron chi connectivity index (χ4n) is 0.734. The Morgan fingerprint density at radius 1 is 1.36 bits per heavy atom. The number of hydrogen-bond acceptors (Lipinski definition) is 3. The predicted molar refractivity (Wildman–Crippen MR) is 56.0 cm³/mol. The summed E-state index contributed by atoms with van der Waals surface area (Å²) < 4.78 is 4.92. The van der Waals surface area contributed by atoms with Crippen molar-refractivity contribution in [3.8, 4) is 0 Å². The van der Waals surface area contributed by atoms with E-state index in [1.54, 1.807) is 0 Å². The molecule has 3 nitrogen and oxygen atoms in total. The number of hydrogen-bond donors (Lipinski definition) is 0. The van der Waals surface area contributed by atoms with Gasteiger partial charge in [-0.05, 0) is 0 Å². The van der Waals surface area contributed by atoms with E-state index < -0.39 is 5.97 Å². The van der Waals surface area contributed by atoms with Crippen molar-refractivity contribution < 1.29 is 9.53 Å². The van der Waals surface area contributed by atoms with Crippen LogP contribution in [0.15, 0.2) is 0 Å². The van der Waals surface area contributed by atoms with Crippen LogP contribution in [0.3, 0.4) is 0 Å². The van der Waals surface area contributed by atoms with Crippen LogP contribution in [-0.2, 0) is 4.74 Å². The van der Waals surface area contributed by atoms with E-state index in [-0.39, 0.29) is 20.9 Å². The van der Waals surface area contributed by atoms with Gasteiger partial charge in [-0.15, -0.1) is 0 Å². The summed E-state index contributed by atoms with van der Waals surface area (Å²) in [6, 6.07) is 0. The van der Waals surface area contributed by atoms with Gasteiger partial charge in [0.25, 0.3) is 0 Å². The van der Waals surface area contributed by atoms with Crippen molar-refractivity contribution >= 4 is 62.0 Å². The molecule has 74 valence electrons. The molecule has 2 radical (unpaired) electrons. The summed E-state index contributed by atoms with van der Waals surface area (Å²) in [4.78, 5) is 14.9. The van der Waals surface area contributed by atoms with E-state index in [1.807, 2.05) is 0 Å². The maximum atomic E-state index is 11.2. The Balaban J connectivity index is 3.40. The van der Waals surface area contributed by atoms with Crippen LogP contribution in [-0.4, -0.2) is 34.9 Å². The average molecular weight is 314 g/mol. The van der Waals surface area contributed by atoms with Crippen molar-refractivity contribution in [3.05, 3.63) is 20.9 Å². The Morgan fingerprint density at radius 3 is 2.43 bits per heavy atom. The molecule has 7 heteroatoms. The van der Waals surface area contributed by atoms with Crippen molar-refractivity contribution in [2.75, 3.05) is 7.11 Å². The van der Waals surface area contributed by atoms with E-state index in [0.717, 1.165) is 0 Å². The first-order valence-electron chi connectivity index (χ1n) is 3.30. The van der Waals surface area contributed by atoms with Gasteiger partial charge in [0, 0.05) is 0 Å². The van der Waals surface area contributed by atoms with Gasteiger partial charge in [0.05, 0.1) is 0 Å². The minimum atomic E-state index is -0.652. The van der Waals surface area contributed by atoms with Crippen LogP contribution in [0.4, 0.5) is 0 Å². The summed E-state index contributed by atoms with van der Waals surface area (Å²) in [5.74, 6) is -0.652. The van der Waals surface area contributed by atoms with Crippen LogP contribution >= 0.6 is 34.8 Å². The number of carbonyl (C=O) groups is 1. The Kier molecular flexibility index (Phi) is 4.08. The van der Waals surface area contributed by atoms with Crippen molar-refractivity contribution in [1.82, 2.24) is 4.98 Å². The van der Waals surface area contributed by atoms with Crippen LogP contribution in [0.25, 0.3) is 0 Å². The first-order chi connectivity index (χ1) is 6.49. The van der Waals surface area contributed by atoms with Crippen LogP contribution in [0, 0.1) is 0 Å². The molecule has 0 saturated heterocycles. The summed E-state index contributed by atoms with van der Waals surface area (Å²) in [5, 5.41) is 0.364. The molecule has 0 aliphatic carbocycles. The van der Waals surface area contributed by atoms with E-state index in [4.69, 9.17) is 34.8 Å². The zero-order valence-corrected chi connectivity index (χ0v) is 11.0. The van der Waals surface area contributed by atoms with Gasteiger partial charge in [-0.3, -0.25) is 0 Å². The molecule has 0 spiro atoms. The number of rotatable bonds is 1. The third-order valence-corrected chi connectivity index (χ3v) is 4.01. The van der Waals surface area contributed by atoms with Gasteiger partial charge >= 0.3 is 104 Å². The summed E-state index contributed by atoms with van der Waals surface area (Å²) in [5.41, 5.74) is -0.0424. The number of aromatic nitrogens is 1. The third kappa shape index (κ3) is 2.17. The normalized spacial score (nSPS) is 10.1. The van der Waals surface area contributed by atoms with Crippen LogP contribution in [0.2, 0.25) is 15.2 Å². The molecule has 0 aromatic carbocycles. The van der Waals surface area contributed by atoms with Crippen molar-refractivity contribution in [2.24, 2.45) is 0 Å². The molecule has 0 aliphatic rings. The summed E-state index contributed by atoms with van der Waals surface area (Å²) >= 11 is 19.4. The minimum absolute atomic E-state index is 0.0205. The fourth-order valence-corrected chi connectivity index (χ4v) is 1.90. The number of halogens is 3. The molecule has 0 aliphatic heterocycles. The number of esters is 1. The second-order valence-corrected chi connectivity index (χ2v) is 4.27. The number of methoxy groups -OCH3 is 1. The average Bonchev–Trinajstić information content (AvgIpc) is 2.19. The Labute approximate surface area is 104 Å². The molecule has 1 aromatic rings. The first-order valence-corrected chi connectivity index (χ1v) is 5.38. The molecule has 0 amide bonds. The van der Waals surface area contributed by atoms with Crippen LogP contribution in [0.1, 0.15) is 10.5 Å². The Morgan fingerprint density at radius 2 is 1.93 bits per heavy atom. The monoisotopic (exact) mass is 313 g/mol. The molecule has 0 saturated carbocycles. The standard InChI is InChI=1S/C7H3AsCl3NO2/c1-14-7(13)5-3(9)2(8)4(10)6(11)12-5/h1H3. The molecule has 1 aromatic heterocycles. The van der Waals surface area contributed by atoms with Crippen LogP contribution in [0.5, 0.6) is 0 Å². The van der Waals surface area contributed by atoms with Crippen molar-refractivity contribution in [2.45, 2.75) is 0 Å². The van der Waals surface area contributed by atoms with E-state index in [0.29, 0.717) is 4.35 Å². The van der Waals surface area contributed by atoms with Crippen molar-refractivity contribution in [3.63, 3.8) is 0 Å². The molecule has 0 bridgehead atoms. The molecule has 0 fully saturated rings. The van der Waals surface area contributed by atoms with Crippen molar-refractivity contribution in [1.29, 1.82) is 0 Å². The SMILES string of the molecule is COC(=O)c1nc(Cl)c(Cl)c([As])c1Cl. The molecular formula is C7H3AsCl3NO2. The quantitative estimate of drug-likeness (QED) is 0.449. The molecule has 1 rings (SSSR count). The van der Waals surface area contributed by atoms with E-state index in [9.17, 15) is 4.79 Å². The molecular weight excluding hydrogens is 311 g/mol. The summed E-state index contributed by atoms with van der Waals surface area (Å²) in [6.45, 7) is 0. The van der Waals surface area contributed by atoms with Gasteiger partial charge < -0.3 is 0 Å². The predicted octanol–water partition coefficient (Wildman–Crippen LogP) is 1.62.